The molecule has 0 aliphatic carbocycles. The molecule has 1 aliphatic rings. The molecule has 1 unspecified atom stereocenters. The van der Waals surface area contributed by atoms with Crippen molar-refractivity contribution in [3.63, 3.8) is 0 Å². The van der Waals surface area contributed by atoms with E-state index in [1.807, 2.05) is 0 Å². The molecule has 134 valence electrons. The van der Waals surface area contributed by atoms with Gasteiger partial charge in [-0.15, -0.1) is 0 Å². The number of hydrogen-bond acceptors (Lipinski definition) is 4. The van der Waals surface area contributed by atoms with E-state index in [-0.39, 0.29) is 16.4 Å². The van der Waals surface area contributed by atoms with Gasteiger partial charge in [-0.3, -0.25) is 5.10 Å². The molecule has 1 aromatic heterocycles. The number of aromatic nitrogens is 2. The highest BCUT2D eigenvalue weighted by Crippen LogP contribution is 2.29. The summed E-state index contributed by atoms with van der Waals surface area (Å²) in [5.74, 6) is -0.728. The van der Waals surface area contributed by atoms with Gasteiger partial charge in [-0.05, 0) is 50.3 Å². The summed E-state index contributed by atoms with van der Waals surface area (Å²) in [4.78, 5) is 11.2. The Kier molecular flexibility index (Phi) is 4.66. The van der Waals surface area contributed by atoms with Crippen molar-refractivity contribution >= 4 is 16.0 Å². The van der Waals surface area contributed by atoms with Crippen LogP contribution in [-0.4, -0.2) is 47.1 Å². The summed E-state index contributed by atoms with van der Waals surface area (Å²) in [6.07, 6.45) is 1.52. The Morgan fingerprint density at radius 1 is 1.32 bits per heavy atom. The van der Waals surface area contributed by atoms with Crippen molar-refractivity contribution in [3.05, 3.63) is 46.8 Å². The summed E-state index contributed by atoms with van der Waals surface area (Å²) in [5, 5.41) is 15.7. The van der Waals surface area contributed by atoms with Crippen molar-refractivity contribution in [2.45, 2.75) is 31.6 Å². The predicted molar refractivity (Wildman–Crippen MR) is 92.0 cm³/mol. The molecule has 2 heterocycles. The van der Waals surface area contributed by atoms with E-state index in [1.54, 1.807) is 38.1 Å². The number of rotatable bonds is 5. The zero-order valence-corrected chi connectivity index (χ0v) is 15.0. The number of nitrogens with zero attached hydrogens (tertiary/aromatic N) is 2. The van der Waals surface area contributed by atoms with Crippen LogP contribution in [0, 0.1) is 19.8 Å². The van der Waals surface area contributed by atoms with Gasteiger partial charge >= 0.3 is 5.97 Å². The van der Waals surface area contributed by atoms with E-state index in [9.17, 15) is 13.2 Å². The van der Waals surface area contributed by atoms with Crippen LogP contribution < -0.4 is 0 Å². The molecule has 2 aromatic rings. The lowest BCUT2D eigenvalue weighted by Crippen LogP contribution is -2.29. The zero-order chi connectivity index (χ0) is 18.2. The van der Waals surface area contributed by atoms with Gasteiger partial charge in [0.2, 0.25) is 10.0 Å². The van der Waals surface area contributed by atoms with Gasteiger partial charge in [0.1, 0.15) is 4.90 Å². The van der Waals surface area contributed by atoms with Gasteiger partial charge < -0.3 is 5.11 Å². The van der Waals surface area contributed by atoms with E-state index >= 15 is 0 Å². The summed E-state index contributed by atoms with van der Waals surface area (Å²) in [7, 11) is -3.54. The first kappa shape index (κ1) is 17.6. The molecule has 0 radical (unpaired) electrons. The van der Waals surface area contributed by atoms with Gasteiger partial charge in [0.15, 0.2) is 0 Å². The van der Waals surface area contributed by atoms with Crippen molar-refractivity contribution in [1.82, 2.24) is 14.5 Å². The second-order valence-corrected chi connectivity index (χ2v) is 8.36. The average molecular weight is 363 g/mol. The number of benzene rings is 1. The van der Waals surface area contributed by atoms with Crippen molar-refractivity contribution in [3.8, 4) is 0 Å². The van der Waals surface area contributed by atoms with E-state index in [0.717, 1.165) is 18.4 Å². The van der Waals surface area contributed by atoms with Gasteiger partial charge in [0.25, 0.3) is 0 Å². The van der Waals surface area contributed by atoms with E-state index < -0.39 is 16.0 Å². The first-order valence-corrected chi connectivity index (χ1v) is 9.57. The minimum absolute atomic E-state index is 0.220. The SMILES string of the molecule is Cc1n[nH]c(C)c1S(=O)(=O)N1CCC(Cc2ccc(C(=O)O)cc2)C1. The van der Waals surface area contributed by atoms with E-state index in [1.165, 1.54) is 4.31 Å². The predicted octanol–water partition coefficient (Wildman–Crippen LogP) is 1.98. The second-order valence-electron chi connectivity index (χ2n) is 6.49. The number of nitrogens with one attached hydrogen (secondary N) is 1. The molecule has 1 aliphatic heterocycles. The fourth-order valence-electron chi connectivity index (χ4n) is 3.35. The van der Waals surface area contributed by atoms with Gasteiger partial charge in [-0.25, -0.2) is 13.2 Å². The monoisotopic (exact) mass is 363 g/mol. The van der Waals surface area contributed by atoms with Crippen LogP contribution in [0.2, 0.25) is 0 Å². The third-order valence-electron chi connectivity index (χ3n) is 4.63. The van der Waals surface area contributed by atoms with Crippen LogP contribution >= 0.6 is 0 Å². The van der Waals surface area contributed by atoms with Crippen molar-refractivity contribution in [2.75, 3.05) is 13.1 Å². The Bertz CT molecular complexity index is 868. The number of H-pyrrole nitrogens is 1. The van der Waals surface area contributed by atoms with Crippen LogP contribution in [0.25, 0.3) is 0 Å². The molecule has 2 N–H and O–H groups in total. The maximum Gasteiger partial charge on any atom is 0.335 e. The largest absolute Gasteiger partial charge is 0.478 e. The molecule has 25 heavy (non-hydrogen) atoms. The summed E-state index contributed by atoms with van der Waals surface area (Å²) in [6, 6.07) is 6.76. The maximum absolute atomic E-state index is 12.9. The number of aryl methyl sites for hydroxylation is 2. The quantitative estimate of drug-likeness (QED) is 0.845. The molecule has 8 heteroatoms. The summed E-state index contributed by atoms with van der Waals surface area (Å²) in [6.45, 7) is 4.36. The van der Waals surface area contributed by atoms with Gasteiger partial charge in [-0.2, -0.15) is 9.40 Å². The van der Waals surface area contributed by atoms with Crippen LogP contribution in [-0.2, 0) is 16.4 Å². The molecule has 7 nitrogen and oxygen atoms in total. The maximum atomic E-state index is 12.9. The Balaban J connectivity index is 1.70. The van der Waals surface area contributed by atoms with E-state index in [2.05, 4.69) is 10.2 Å². The highest BCUT2D eigenvalue weighted by Gasteiger charge is 2.35. The smallest absolute Gasteiger partial charge is 0.335 e. The standard InChI is InChI=1S/C17H21N3O4S/c1-11-16(12(2)19-18-11)25(23,24)20-8-7-14(10-20)9-13-3-5-15(6-4-13)17(21)22/h3-6,14H,7-10H2,1-2H3,(H,18,19)(H,21,22). The number of aromatic carboxylic acids is 1. The third-order valence-corrected chi connectivity index (χ3v) is 6.76. The van der Waals surface area contributed by atoms with Crippen molar-refractivity contribution in [2.24, 2.45) is 5.92 Å². The number of carboxylic acid groups (broad SMARTS) is 1. The molecule has 3 rings (SSSR count). The lowest BCUT2D eigenvalue weighted by atomic mass is 9.98. The zero-order valence-electron chi connectivity index (χ0n) is 14.2. The minimum atomic E-state index is -3.54. The lowest BCUT2D eigenvalue weighted by Gasteiger charge is -2.17. The van der Waals surface area contributed by atoms with E-state index in [0.29, 0.717) is 24.5 Å². The normalized spacial score (nSPS) is 18.6. The topological polar surface area (TPSA) is 103 Å². The van der Waals surface area contributed by atoms with Crippen LogP contribution in [0.5, 0.6) is 0 Å². The second kappa shape index (κ2) is 6.61. The molecular formula is C17H21N3O4S. The highest BCUT2D eigenvalue weighted by atomic mass is 32.2. The van der Waals surface area contributed by atoms with Crippen LogP contribution in [0.3, 0.4) is 0 Å². The molecule has 1 atom stereocenters. The molecule has 1 aromatic carbocycles. The van der Waals surface area contributed by atoms with E-state index in [4.69, 9.17) is 5.11 Å². The summed E-state index contributed by atoms with van der Waals surface area (Å²) in [5.41, 5.74) is 2.32. The molecule has 0 bridgehead atoms. The van der Waals surface area contributed by atoms with Gasteiger partial charge in [0, 0.05) is 13.1 Å². The molecular weight excluding hydrogens is 342 g/mol. The first-order valence-electron chi connectivity index (χ1n) is 8.13. The Hall–Kier alpha value is -2.19. The fourth-order valence-corrected chi connectivity index (χ4v) is 5.21. The summed E-state index contributed by atoms with van der Waals surface area (Å²) < 4.78 is 27.2. The Labute approximate surface area is 146 Å². The summed E-state index contributed by atoms with van der Waals surface area (Å²) >= 11 is 0. The highest BCUT2D eigenvalue weighted by molar-refractivity contribution is 7.89. The third kappa shape index (κ3) is 3.45. The van der Waals surface area contributed by atoms with Crippen LogP contribution in [0.1, 0.15) is 33.7 Å². The number of hydrogen-bond donors (Lipinski definition) is 2. The number of aromatic amines is 1. The fraction of sp³-hybridized carbons (Fsp3) is 0.412. The number of carboxylic acids is 1. The molecule has 1 fully saturated rings. The minimum Gasteiger partial charge on any atom is -0.478 e. The molecule has 0 spiro atoms. The van der Waals surface area contributed by atoms with Crippen LogP contribution in [0.4, 0.5) is 0 Å². The Morgan fingerprint density at radius 3 is 2.56 bits per heavy atom. The average Bonchev–Trinajstić information content (AvgIpc) is 3.15. The van der Waals surface area contributed by atoms with Crippen molar-refractivity contribution in [1.29, 1.82) is 0 Å². The van der Waals surface area contributed by atoms with Gasteiger partial charge in [-0.1, -0.05) is 12.1 Å². The molecule has 0 saturated carbocycles. The molecule has 1 saturated heterocycles. The number of carbonyl (C=O) groups is 1. The first-order chi connectivity index (χ1) is 11.8. The Morgan fingerprint density at radius 2 is 2.00 bits per heavy atom. The van der Waals surface area contributed by atoms with Gasteiger partial charge in [0.05, 0.1) is 17.0 Å². The van der Waals surface area contributed by atoms with Crippen molar-refractivity contribution < 1.29 is 18.3 Å². The lowest BCUT2D eigenvalue weighted by molar-refractivity contribution is 0.0697. The van der Waals surface area contributed by atoms with Crippen LogP contribution in [0.15, 0.2) is 29.2 Å². The number of sulfonamides is 1. The molecule has 0 amide bonds.